The molecule has 0 aromatic carbocycles. The van der Waals surface area contributed by atoms with Gasteiger partial charge in [0.25, 0.3) is 0 Å². The van der Waals surface area contributed by atoms with Gasteiger partial charge < -0.3 is 0 Å². The largest absolute Gasteiger partial charge is 0.150 e. The molecule has 0 radical (unpaired) electrons. The fraction of sp³-hybridized carbons (Fsp3) is 1.00. The van der Waals surface area contributed by atoms with Gasteiger partial charge >= 0.3 is 0 Å². The maximum atomic E-state index is 7.06. The molecular weight excluding hydrogens is 100 g/mol. The van der Waals surface area contributed by atoms with Gasteiger partial charge in [-0.15, -0.1) is 0 Å². The molecule has 0 aliphatic carbocycles. The molecule has 1 fully saturated rings. The third-order valence-electron chi connectivity index (χ3n) is 0.455. The van der Waals surface area contributed by atoms with Crippen LogP contribution in [0.15, 0.2) is 0 Å². The van der Waals surface area contributed by atoms with Gasteiger partial charge in [-0.2, -0.15) is 23.5 Å². The summed E-state index contributed by atoms with van der Waals surface area (Å²) in [4.78, 5) is 0. The highest BCUT2D eigenvalue weighted by atomic mass is 32.2. The van der Waals surface area contributed by atoms with Crippen LogP contribution < -0.4 is 0 Å². The van der Waals surface area contributed by atoms with Crippen LogP contribution in [0.4, 0.5) is 0 Å². The maximum absolute atomic E-state index is 7.06. The van der Waals surface area contributed by atoms with Crippen molar-refractivity contribution in [2.24, 2.45) is 0 Å². The summed E-state index contributed by atoms with van der Waals surface area (Å²) in [5.74, 6) is 2.36. The minimum Gasteiger partial charge on any atom is -0.150 e. The van der Waals surface area contributed by atoms with Crippen molar-refractivity contribution in [1.29, 1.82) is 0 Å². The average molecular weight is 107 g/mol. The molecule has 30 valence electrons. The van der Waals surface area contributed by atoms with Gasteiger partial charge in [0.15, 0.2) is 0 Å². The lowest BCUT2D eigenvalue weighted by Crippen LogP contribution is -1.64. The number of hydrogen-bond donors (Lipinski definition) is 0. The van der Waals surface area contributed by atoms with E-state index in [1.54, 1.807) is 23.5 Å². The van der Waals surface area contributed by atoms with E-state index in [-0.39, 0.29) is 5.06 Å². The number of rotatable bonds is 0. The van der Waals surface area contributed by atoms with Crippen LogP contribution in [-0.2, 0) is 0 Å². The summed E-state index contributed by atoms with van der Waals surface area (Å²) in [7, 11) is 0. The van der Waals surface area contributed by atoms with Crippen LogP contribution in [0.1, 0.15) is 1.37 Å². The van der Waals surface area contributed by atoms with Gasteiger partial charge in [-0.1, -0.05) is 0 Å². The molecular formula is C3H6S2. The Morgan fingerprint density at radius 3 is 2.20 bits per heavy atom. The van der Waals surface area contributed by atoms with Gasteiger partial charge in [0, 0.05) is 17.9 Å². The van der Waals surface area contributed by atoms with E-state index in [0.717, 1.165) is 0 Å². The van der Waals surface area contributed by atoms with Gasteiger partial charge in [-0.25, -0.2) is 0 Å². The Morgan fingerprint density at radius 1 is 1.40 bits per heavy atom. The predicted octanol–water partition coefficient (Wildman–Crippen LogP) is 1.42. The first-order chi connectivity index (χ1) is 2.89. The van der Waals surface area contributed by atoms with Crippen molar-refractivity contribution in [3.05, 3.63) is 0 Å². The van der Waals surface area contributed by atoms with Crippen molar-refractivity contribution in [3.63, 3.8) is 0 Å². The third-order valence-corrected chi connectivity index (χ3v) is 2.68. The fourth-order valence-electron chi connectivity index (χ4n) is 0.241. The smallest absolute Gasteiger partial charge is 0.0496 e. The molecule has 0 amide bonds. The molecule has 1 saturated heterocycles. The Kier molecular flexibility index (Phi) is 1.11. The Hall–Kier alpha value is 0.700. The van der Waals surface area contributed by atoms with Crippen molar-refractivity contribution < 1.29 is 1.37 Å². The van der Waals surface area contributed by atoms with E-state index in [2.05, 4.69) is 0 Å². The van der Waals surface area contributed by atoms with Crippen molar-refractivity contribution in [2.45, 2.75) is 0 Å². The first-order valence-corrected chi connectivity index (χ1v) is 3.65. The van der Waals surface area contributed by atoms with Gasteiger partial charge in [-0.05, 0) is 0 Å². The molecule has 1 aliphatic heterocycles. The summed E-state index contributed by atoms with van der Waals surface area (Å²) < 4.78 is 7.06. The molecule has 0 nitrogen and oxygen atoms in total. The second-order valence-corrected chi connectivity index (χ2v) is 3.09. The highest BCUT2D eigenvalue weighted by Crippen LogP contribution is 2.20. The normalized spacial score (nSPS) is 30.8. The molecule has 0 atom stereocenters. The van der Waals surface area contributed by atoms with E-state index < -0.39 is 0 Å². The van der Waals surface area contributed by atoms with Crippen LogP contribution in [0.2, 0.25) is 0 Å². The van der Waals surface area contributed by atoms with Gasteiger partial charge in [0.2, 0.25) is 0 Å². The van der Waals surface area contributed by atoms with Crippen molar-refractivity contribution >= 4 is 23.5 Å². The zero-order valence-corrected chi connectivity index (χ0v) is 4.44. The second kappa shape index (κ2) is 1.98. The Labute approximate surface area is 42.1 Å². The summed E-state index contributed by atoms with van der Waals surface area (Å²) in [6, 6.07) is 0. The summed E-state index contributed by atoms with van der Waals surface area (Å²) in [5, 5.41) is 0.130. The van der Waals surface area contributed by atoms with Gasteiger partial charge in [-0.3, -0.25) is 0 Å². The molecule has 0 N–H and O–H groups in total. The molecule has 5 heavy (non-hydrogen) atoms. The molecule has 0 unspecified atom stereocenters. The average Bonchev–Trinajstić information content (AvgIpc) is 1.86. The molecule has 2 heteroatoms. The molecule has 0 aromatic rings. The van der Waals surface area contributed by atoms with E-state index in [4.69, 9.17) is 1.37 Å². The van der Waals surface area contributed by atoms with Crippen LogP contribution in [-0.4, -0.2) is 16.6 Å². The lowest BCUT2D eigenvalue weighted by Gasteiger charge is -1.68. The van der Waals surface area contributed by atoms with E-state index >= 15 is 0 Å². The SMILES string of the molecule is [2H]C1SCCS1. The van der Waals surface area contributed by atoms with E-state index in [0.29, 0.717) is 0 Å². The summed E-state index contributed by atoms with van der Waals surface area (Å²) in [6.07, 6.45) is 0. The molecule has 1 aliphatic rings. The summed E-state index contributed by atoms with van der Waals surface area (Å²) >= 11 is 3.45. The van der Waals surface area contributed by atoms with Crippen molar-refractivity contribution in [1.82, 2.24) is 0 Å². The quantitative estimate of drug-likeness (QED) is 0.459. The van der Waals surface area contributed by atoms with Crippen LogP contribution in [0.25, 0.3) is 0 Å². The maximum Gasteiger partial charge on any atom is 0.0496 e. The predicted molar refractivity (Wildman–Crippen MR) is 29.8 cm³/mol. The first-order valence-electron chi connectivity index (χ1n) is 2.13. The standard InChI is InChI=1S/C3H6S2/c1-2-5-3-4-1/h1-3H2/i3D. The first kappa shape index (κ1) is 2.80. The van der Waals surface area contributed by atoms with E-state index in [1.165, 1.54) is 11.5 Å². The number of thioether (sulfide) groups is 2. The highest BCUT2D eigenvalue weighted by molar-refractivity contribution is 8.19. The van der Waals surface area contributed by atoms with Gasteiger partial charge in [0.1, 0.15) is 0 Å². The highest BCUT2D eigenvalue weighted by Gasteiger charge is 1.95. The second-order valence-electron chi connectivity index (χ2n) is 0.838. The Balaban J connectivity index is 2.18. The third kappa shape index (κ3) is 1.05. The number of hydrogen-bond acceptors (Lipinski definition) is 2. The minimum absolute atomic E-state index is 0.130. The molecule has 0 saturated carbocycles. The molecule has 1 heterocycles. The van der Waals surface area contributed by atoms with Crippen molar-refractivity contribution in [3.8, 4) is 0 Å². The Morgan fingerprint density at radius 2 is 2.00 bits per heavy atom. The zero-order valence-electron chi connectivity index (χ0n) is 3.81. The lowest BCUT2D eigenvalue weighted by atomic mass is 11.0. The molecule has 1 rings (SSSR count). The summed E-state index contributed by atoms with van der Waals surface area (Å²) in [5.41, 5.74) is 0. The van der Waals surface area contributed by atoms with Crippen LogP contribution in [0.3, 0.4) is 0 Å². The zero-order chi connectivity index (χ0) is 4.41. The van der Waals surface area contributed by atoms with Crippen LogP contribution >= 0.6 is 23.5 Å². The molecule has 0 aromatic heterocycles. The Bertz CT molecular complexity index is 42.1. The van der Waals surface area contributed by atoms with E-state index in [9.17, 15) is 0 Å². The van der Waals surface area contributed by atoms with Crippen molar-refractivity contribution in [2.75, 3.05) is 16.6 Å². The molecule has 0 spiro atoms. The monoisotopic (exact) mass is 107 g/mol. The van der Waals surface area contributed by atoms with Crippen LogP contribution in [0, 0.1) is 0 Å². The summed E-state index contributed by atoms with van der Waals surface area (Å²) in [6.45, 7) is 0. The van der Waals surface area contributed by atoms with E-state index in [1.807, 2.05) is 0 Å². The fourth-order valence-corrected chi connectivity index (χ4v) is 2.17. The molecule has 0 bridgehead atoms. The van der Waals surface area contributed by atoms with Gasteiger partial charge in [0.05, 0.1) is 0 Å². The minimum atomic E-state index is 0.130. The topological polar surface area (TPSA) is 0 Å². The van der Waals surface area contributed by atoms with Crippen LogP contribution in [0.5, 0.6) is 0 Å². The lowest BCUT2D eigenvalue weighted by molar-refractivity contribution is 1.59.